The van der Waals surface area contributed by atoms with Crippen LogP contribution in [0.5, 0.6) is 0 Å². The number of hydrogen-bond donors (Lipinski definition) is 1. The SMILES string of the molecule is COC(=O)C(NC(=O)OC(C)(C)C)C(C)(C)F. The van der Waals surface area contributed by atoms with E-state index >= 15 is 0 Å². The summed E-state index contributed by atoms with van der Waals surface area (Å²) < 4.78 is 23.1. The molecule has 0 saturated heterocycles. The lowest BCUT2D eigenvalue weighted by molar-refractivity contribution is -0.146. The Bertz CT molecular complexity index is 291. The summed E-state index contributed by atoms with van der Waals surface area (Å²) in [6, 6.07) is -1.40. The minimum Gasteiger partial charge on any atom is -0.467 e. The van der Waals surface area contributed by atoms with Crippen LogP contribution >= 0.6 is 0 Å². The van der Waals surface area contributed by atoms with Crippen molar-refractivity contribution in [2.45, 2.75) is 51.9 Å². The molecule has 0 radical (unpaired) electrons. The molecule has 0 saturated carbocycles. The highest BCUT2D eigenvalue weighted by atomic mass is 19.1. The monoisotopic (exact) mass is 249 g/mol. The first-order valence-corrected chi connectivity index (χ1v) is 5.23. The van der Waals surface area contributed by atoms with Gasteiger partial charge in [0.05, 0.1) is 7.11 Å². The maximum absolute atomic E-state index is 13.7. The first-order valence-electron chi connectivity index (χ1n) is 5.23. The van der Waals surface area contributed by atoms with E-state index in [1.54, 1.807) is 20.8 Å². The second-order valence-corrected chi connectivity index (χ2v) is 5.17. The lowest BCUT2D eigenvalue weighted by atomic mass is 10.0. The smallest absolute Gasteiger partial charge is 0.408 e. The van der Waals surface area contributed by atoms with E-state index < -0.39 is 29.4 Å². The molecule has 0 aliphatic heterocycles. The van der Waals surface area contributed by atoms with Crippen LogP contribution in [-0.4, -0.2) is 36.5 Å². The number of ether oxygens (including phenoxy) is 2. The van der Waals surface area contributed by atoms with Gasteiger partial charge in [0.2, 0.25) is 0 Å². The average Bonchev–Trinajstić information content (AvgIpc) is 2.08. The molecule has 6 heteroatoms. The van der Waals surface area contributed by atoms with E-state index in [0.717, 1.165) is 7.11 Å². The summed E-state index contributed by atoms with van der Waals surface area (Å²) in [5.41, 5.74) is -2.66. The first-order chi connectivity index (χ1) is 7.47. The predicted octanol–water partition coefficient (Wildman–Crippen LogP) is 1.80. The van der Waals surface area contributed by atoms with Crippen LogP contribution in [-0.2, 0) is 14.3 Å². The number of nitrogens with one attached hydrogen (secondary N) is 1. The predicted molar refractivity (Wildman–Crippen MR) is 60.4 cm³/mol. The molecule has 5 nitrogen and oxygen atoms in total. The van der Waals surface area contributed by atoms with Crippen molar-refractivity contribution in [3.8, 4) is 0 Å². The maximum atomic E-state index is 13.7. The summed E-state index contributed by atoms with van der Waals surface area (Å²) in [6.07, 6.45) is -0.862. The van der Waals surface area contributed by atoms with Crippen molar-refractivity contribution in [1.82, 2.24) is 5.32 Å². The molecule has 0 bridgehead atoms. The van der Waals surface area contributed by atoms with Crippen LogP contribution in [0.25, 0.3) is 0 Å². The van der Waals surface area contributed by atoms with Gasteiger partial charge in [0.15, 0.2) is 6.04 Å². The van der Waals surface area contributed by atoms with Gasteiger partial charge in [-0.05, 0) is 34.6 Å². The molecule has 0 aromatic heterocycles. The van der Waals surface area contributed by atoms with E-state index in [1.807, 2.05) is 0 Å². The standard InChI is InChI=1S/C11H20FNO4/c1-10(2,3)17-9(15)13-7(8(14)16-6)11(4,5)12/h7H,1-6H3,(H,13,15). The van der Waals surface area contributed by atoms with Crippen molar-refractivity contribution >= 4 is 12.1 Å². The third kappa shape index (κ3) is 6.09. The van der Waals surface area contributed by atoms with Gasteiger partial charge in [-0.3, -0.25) is 0 Å². The first kappa shape index (κ1) is 15.7. The highest BCUT2D eigenvalue weighted by Crippen LogP contribution is 2.16. The Morgan fingerprint density at radius 3 is 1.94 bits per heavy atom. The number of amides is 1. The van der Waals surface area contributed by atoms with Crippen molar-refractivity contribution in [3.05, 3.63) is 0 Å². The summed E-state index contributed by atoms with van der Waals surface area (Å²) in [6.45, 7) is 7.35. The van der Waals surface area contributed by atoms with Crippen LogP contribution in [0.2, 0.25) is 0 Å². The molecule has 1 atom stereocenters. The molecular formula is C11H20FNO4. The molecule has 0 fully saturated rings. The maximum Gasteiger partial charge on any atom is 0.408 e. The van der Waals surface area contributed by atoms with E-state index in [9.17, 15) is 14.0 Å². The van der Waals surface area contributed by atoms with Gasteiger partial charge in [0, 0.05) is 0 Å². The zero-order valence-corrected chi connectivity index (χ0v) is 11.1. The van der Waals surface area contributed by atoms with Gasteiger partial charge in [0.25, 0.3) is 0 Å². The fourth-order valence-electron chi connectivity index (χ4n) is 1.05. The van der Waals surface area contributed by atoms with Crippen LogP contribution in [0.3, 0.4) is 0 Å². The number of carbonyl (C=O) groups is 2. The van der Waals surface area contributed by atoms with Gasteiger partial charge in [-0.1, -0.05) is 0 Å². The Morgan fingerprint density at radius 2 is 1.65 bits per heavy atom. The molecule has 0 aromatic rings. The molecular weight excluding hydrogens is 229 g/mol. The number of methoxy groups -OCH3 is 1. The Balaban J connectivity index is 4.67. The van der Waals surface area contributed by atoms with Gasteiger partial charge in [-0.15, -0.1) is 0 Å². The average molecular weight is 249 g/mol. The molecule has 0 aromatic carbocycles. The number of rotatable bonds is 3. The second kappa shape index (κ2) is 5.33. The number of hydrogen-bond acceptors (Lipinski definition) is 4. The van der Waals surface area contributed by atoms with Crippen molar-refractivity contribution < 1.29 is 23.5 Å². The molecule has 0 rings (SSSR count). The lowest BCUT2D eigenvalue weighted by Gasteiger charge is -2.27. The fourth-order valence-corrected chi connectivity index (χ4v) is 1.05. The minimum atomic E-state index is -1.94. The highest BCUT2D eigenvalue weighted by molar-refractivity contribution is 5.82. The Morgan fingerprint density at radius 1 is 1.18 bits per heavy atom. The zero-order chi connectivity index (χ0) is 13.9. The Hall–Kier alpha value is -1.33. The highest BCUT2D eigenvalue weighted by Gasteiger charge is 2.38. The van der Waals surface area contributed by atoms with Crippen molar-refractivity contribution in [2.75, 3.05) is 7.11 Å². The second-order valence-electron chi connectivity index (χ2n) is 5.17. The van der Waals surface area contributed by atoms with Gasteiger partial charge >= 0.3 is 12.1 Å². The number of halogens is 1. The molecule has 100 valence electrons. The van der Waals surface area contributed by atoms with Gasteiger partial charge in [-0.2, -0.15) is 0 Å². The largest absolute Gasteiger partial charge is 0.467 e. The Labute approximate surface area is 101 Å². The third-order valence-electron chi connectivity index (χ3n) is 1.78. The molecule has 1 N–H and O–H groups in total. The van der Waals surface area contributed by atoms with Crippen LogP contribution < -0.4 is 5.32 Å². The van der Waals surface area contributed by atoms with Crippen LogP contribution in [0.4, 0.5) is 9.18 Å². The number of alkyl carbamates (subject to hydrolysis) is 1. The summed E-state index contributed by atoms with van der Waals surface area (Å²) in [7, 11) is 1.12. The van der Waals surface area contributed by atoms with Crippen molar-refractivity contribution in [3.63, 3.8) is 0 Å². The molecule has 1 unspecified atom stereocenters. The normalized spacial score (nSPS) is 13.8. The van der Waals surface area contributed by atoms with Crippen molar-refractivity contribution in [2.24, 2.45) is 0 Å². The van der Waals surface area contributed by atoms with E-state index in [-0.39, 0.29) is 0 Å². The number of carbonyl (C=O) groups excluding carboxylic acids is 2. The van der Waals surface area contributed by atoms with Crippen molar-refractivity contribution in [1.29, 1.82) is 0 Å². The van der Waals surface area contributed by atoms with Crippen LogP contribution in [0.15, 0.2) is 0 Å². The fraction of sp³-hybridized carbons (Fsp3) is 0.818. The quantitative estimate of drug-likeness (QED) is 0.775. The topological polar surface area (TPSA) is 64.6 Å². The number of alkyl halides is 1. The summed E-state index contributed by atoms with van der Waals surface area (Å²) in [5.74, 6) is -0.858. The molecule has 0 spiro atoms. The van der Waals surface area contributed by atoms with Crippen LogP contribution in [0.1, 0.15) is 34.6 Å². The van der Waals surface area contributed by atoms with E-state index in [0.29, 0.717) is 0 Å². The van der Waals surface area contributed by atoms with Gasteiger partial charge in [0.1, 0.15) is 11.3 Å². The van der Waals surface area contributed by atoms with Crippen LogP contribution in [0, 0.1) is 0 Å². The third-order valence-corrected chi connectivity index (χ3v) is 1.78. The zero-order valence-electron chi connectivity index (χ0n) is 11.1. The molecule has 0 heterocycles. The summed E-state index contributed by atoms with van der Waals surface area (Å²) >= 11 is 0. The molecule has 0 aliphatic carbocycles. The summed E-state index contributed by atoms with van der Waals surface area (Å²) in [5, 5.41) is 2.15. The molecule has 0 aliphatic rings. The lowest BCUT2D eigenvalue weighted by Crippen LogP contribution is -2.53. The van der Waals surface area contributed by atoms with Gasteiger partial charge < -0.3 is 14.8 Å². The molecule has 1 amide bonds. The Kier molecular flexibility index (Phi) is 4.92. The van der Waals surface area contributed by atoms with Gasteiger partial charge in [-0.25, -0.2) is 14.0 Å². The summed E-state index contributed by atoms with van der Waals surface area (Å²) in [4.78, 5) is 22.8. The minimum absolute atomic E-state index is 0.717. The molecule has 17 heavy (non-hydrogen) atoms. The van der Waals surface area contributed by atoms with E-state index in [1.165, 1.54) is 13.8 Å². The number of esters is 1. The van der Waals surface area contributed by atoms with E-state index in [2.05, 4.69) is 10.1 Å². The van der Waals surface area contributed by atoms with E-state index in [4.69, 9.17) is 4.74 Å².